The van der Waals surface area contributed by atoms with Gasteiger partial charge in [0.1, 0.15) is 11.5 Å². The molecular weight excluding hydrogens is 344 g/mol. The monoisotopic (exact) mass is 368 g/mol. The van der Waals surface area contributed by atoms with Gasteiger partial charge in [0.15, 0.2) is 5.78 Å². The Labute approximate surface area is 159 Å². The van der Waals surface area contributed by atoms with Gasteiger partial charge in [-0.05, 0) is 13.8 Å². The summed E-state index contributed by atoms with van der Waals surface area (Å²) < 4.78 is 11.1. The van der Waals surface area contributed by atoms with Crippen molar-refractivity contribution in [3.63, 3.8) is 0 Å². The summed E-state index contributed by atoms with van der Waals surface area (Å²) in [5.74, 6) is -1.60. The Morgan fingerprint density at radius 1 is 1.11 bits per heavy atom. The molecule has 0 radical (unpaired) electrons. The van der Waals surface area contributed by atoms with Crippen molar-refractivity contribution in [2.24, 2.45) is 0 Å². The maximum Gasteiger partial charge on any atom is 0.349 e. The van der Waals surface area contributed by atoms with E-state index in [1.165, 1.54) is 13.0 Å². The van der Waals surface area contributed by atoms with Gasteiger partial charge in [-0.25, -0.2) is 4.79 Å². The second-order valence-electron chi connectivity index (χ2n) is 5.60. The number of carboxylic acid groups (broad SMARTS) is 1. The van der Waals surface area contributed by atoms with Crippen molar-refractivity contribution in [2.45, 2.75) is 26.1 Å². The number of rotatable bonds is 11. The normalized spacial score (nSPS) is 13.5. The molecule has 5 heteroatoms. The molecule has 1 rings (SSSR count). The van der Waals surface area contributed by atoms with Gasteiger partial charge in [-0.15, -0.1) is 0 Å². The Balaban J connectivity index is 3.09. The van der Waals surface area contributed by atoms with Crippen molar-refractivity contribution in [3.05, 3.63) is 91.3 Å². The molecule has 1 aromatic rings. The molecule has 0 heterocycles. The average Bonchev–Trinajstić information content (AvgIpc) is 2.64. The third-order valence-corrected chi connectivity index (χ3v) is 3.52. The standard InChI is InChI=1S/C22H24O5/c1-6-11-18(12-7-2)16(4)26-20(15(3)23)21(22(24)25)27-17(5)19-13-9-8-10-14-19/h6-14,20-21H,1,4-5H2,2-3H3,(H,24,25)/b12-7-,18-11+. The fourth-order valence-electron chi connectivity index (χ4n) is 2.21. The first kappa shape index (κ1) is 21.7. The van der Waals surface area contributed by atoms with Gasteiger partial charge in [-0.2, -0.15) is 0 Å². The van der Waals surface area contributed by atoms with Gasteiger partial charge in [0.05, 0.1) is 0 Å². The second-order valence-corrected chi connectivity index (χ2v) is 5.60. The molecular formula is C22H24O5. The zero-order valence-electron chi connectivity index (χ0n) is 15.6. The Morgan fingerprint density at radius 3 is 2.22 bits per heavy atom. The highest BCUT2D eigenvalue weighted by molar-refractivity contribution is 5.88. The molecule has 27 heavy (non-hydrogen) atoms. The van der Waals surface area contributed by atoms with Crippen molar-refractivity contribution in [1.82, 2.24) is 0 Å². The van der Waals surface area contributed by atoms with E-state index < -0.39 is 24.0 Å². The maximum absolute atomic E-state index is 12.1. The number of allylic oxidation sites excluding steroid dienone is 4. The highest BCUT2D eigenvalue weighted by Gasteiger charge is 2.36. The van der Waals surface area contributed by atoms with Gasteiger partial charge in [-0.3, -0.25) is 4.79 Å². The third kappa shape index (κ3) is 6.47. The molecule has 0 aromatic heterocycles. The number of hydrogen-bond donors (Lipinski definition) is 1. The van der Waals surface area contributed by atoms with E-state index in [9.17, 15) is 14.7 Å². The van der Waals surface area contributed by atoms with Crippen LogP contribution in [0.15, 0.2) is 85.7 Å². The quantitative estimate of drug-likeness (QED) is 0.466. The van der Waals surface area contributed by atoms with Crippen LogP contribution < -0.4 is 0 Å². The van der Waals surface area contributed by atoms with Crippen LogP contribution in [-0.4, -0.2) is 29.1 Å². The molecule has 142 valence electrons. The summed E-state index contributed by atoms with van der Waals surface area (Å²) in [7, 11) is 0. The van der Waals surface area contributed by atoms with Crippen molar-refractivity contribution in [2.75, 3.05) is 0 Å². The molecule has 2 atom stereocenters. The summed E-state index contributed by atoms with van der Waals surface area (Å²) in [6.45, 7) is 14.2. The molecule has 0 fully saturated rings. The molecule has 1 N–H and O–H groups in total. The first-order valence-corrected chi connectivity index (χ1v) is 8.27. The number of ketones is 1. The zero-order chi connectivity index (χ0) is 20.4. The molecule has 0 spiro atoms. The Hall–Kier alpha value is -3.34. The van der Waals surface area contributed by atoms with E-state index in [0.29, 0.717) is 11.1 Å². The molecule has 0 bridgehead atoms. The molecule has 0 saturated carbocycles. The molecule has 2 unspecified atom stereocenters. The van der Waals surface area contributed by atoms with Crippen LogP contribution in [0.5, 0.6) is 0 Å². The summed E-state index contributed by atoms with van der Waals surface area (Å²) in [5.41, 5.74) is 1.16. The predicted octanol–water partition coefficient (Wildman–Crippen LogP) is 4.30. The largest absolute Gasteiger partial charge is 0.478 e. The van der Waals surface area contributed by atoms with E-state index in [4.69, 9.17) is 9.47 Å². The van der Waals surface area contributed by atoms with Crippen LogP contribution in [-0.2, 0) is 19.1 Å². The van der Waals surface area contributed by atoms with E-state index in [0.717, 1.165) is 0 Å². The molecule has 0 aliphatic carbocycles. The average molecular weight is 368 g/mol. The maximum atomic E-state index is 12.1. The minimum Gasteiger partial charge on any atom is -0.478 e. The lowest BCUT2D eigenvalue weighted by atomic mass is 10.1. The first-order valence-electron chi connectivity index (χ1n) is 8.27. The van der Waals surface area contributed by atoms with Crippen LogP contribution in [0.25, 0.3) is 5.76 Å². The zero-order valence-corrected chi connectivity index (χ0v) is 15.6. The Morgan fingerprint density at radius 2 is 1.74 bits per heavy atom. The predicted molar refractivity (Wildman–Crippen MR) is 106 cm³/mol. The fraction of sp³-hybridized carbons (Fsp3) is 0.182. The van der Waals surface area contributed by atoms with Crippen molar-refractivity contribution in [3.8, 4) is 0 Å². The van der Waals surface area contributed by atoms with Gasteiger partial charge >= 0.3 is 5.97 Å². The number of carbonyl (C=O) groups excluding carboxylic acids is 1. The van der Waals surface area contributed by atoms with Gasteiger partial charge < -0.3 is 14.6 Å². The molecule has 0 aliphatic rings. The number of Topliss-reactive ketones (excluding diaryl/α,β-unsaturated/α-hetero) is 1. The Kier molecular flexibility index (Phi) is 8.53. The first-order chi connectivity index (χ1) is 12.8. The van der Waals surface area contributed by atoms with Crippen LogP contribution in [0.4, 0.5) is 0 Å². The van der Waals surface area contributed by atoms with E-state index in [1.807, 2.05) is 6.07 Å². The molecule has 1 aromatic carbocycles. The lowest BCUT2D eigenvalue weighted by Crippen LogP contribution is -2.42. The van der Waals surface area contributed by atoms with Crippen molar-refractivity contribution >= 4 is 17.5 Å². The van der Waals surface area contributed by atoms with Gasteiger partial charge in [0.25, 0.3) is 0 Å². The van der Waals surface area contributed by atoms with Gasteiger partial charge in [0.2, 0.25) is 12.2 Å². The lowest BCUT2D eigenvalue weighted by Gasteiger charge is -2.25. The fourth-order valence-corrected chi connectivity index (χ4v) is 2.21. The number of aliphatic carboxylic acids is 1. The smallest absolute Gasteiger partial charge is 0.349 e. The topological polar surface area (TPSA) is 72.8 Å². The minimum absolute atomic E-state index is 0.124. The Bertz CT molecular complexity index is 771. The number of carboxylic acids is 1. The van der Waals surface area contributed by atoms with Crippen molar-refractivity contribution < 1.29 is 24.2 Å². The summed E-state index contributed by atoms with van der Waals surface area (Å²) in [6.07, 6.45) is 3.67. The van der Waals surface area contributed by atoms with E-state index in [1.54, 1.807) is 49.4 Å². The minimum atomic E-state index is -1.58. The number of hydrogen-bond acceptors (Lipinski definition) is 4. The van der Waals surface area contributed by atoms with E-state index in [2.05, 4.69) is 19.7 Å². The third-order valence-electron chi connectivity index (χ3n) is 3.52. The molecule has 5 nitrogen and oxygen atoms in total. The summed E-state index contributed by atoms with van der Waals surface area (Å²) in [5, 5.41) is 9.57. The van der Waals surface area contributed by atoms with Crippen LogP contribution in [0.2, 0.25) is 0 Å². The highest BCUT2D eigenvalue weighted by Crippen LogP contribution is 2.22. The lowest BCUT2D eigenvalue weighted by molar-refractivity contribution is -0.157. The van der Waals surface area contributed by atoms with Crippen LogP contribution in [0.3, 0.4) is 0 Å². The summed E-state index contributed by atoms with van der Waals surface area (Å²) in [4.78, 5) is 23.8. The van der Waals surface area contributed by atoms with E-state index >= 15 is 0 Å². The highest BCUT2D eigenvalue weighted by atomic mass is 16.6. The number of ether oxygens (including phenoxy) is 2. The summed E-state index contributed by atoms with van der Waals surface area (Å²) >= 11 is 0. The van der Waals surface area contributed by atoms with Gasteiger partial charge in [0, 0.05) is 11.1 Å². The van der Waals surface area contributed by atoms with Crippen LogP contribution in [0, 0.1) is 0 Å². The number of carbonyl (C=O) groups is 2. The summed E-state index contributed by atoms with van der Waals surface area (Å²) in [6, 6.07) is 8.79. The SMILES string of the molecule is C=C/C=C(\C=C/C)C(=C)OC(C(C)=O)C(OC(=C)c1ccccc1)C(=O)O. The van der Waals surface area contributed by atoms with Gasteiger partial charge in [-0.1, -0.05) is 74.4 Å². The van der Waals surface area contributed by atoms with Crippen LogP contribution >= 0.6 is 0 Å². The number of benzene rings is 1. The molecule has 0 amide bonds. The van der Waals surface area contributed by atoms with Crippen molar-refractivity contribution in [1.29, 1.82) is 0 Å². The molecule has 0 saturated heterocycles. The second kappa shape index (κ2) is 10.6. The van der Waals surface area contributed by atoms with Crippen LogP contribution in [0.1, 0.15) is 19.4 Å². The molecule has 0 aliphatic heterocycles. The van der Waals surface area contributed by atoms with E-state index in [-0.39, 0.29) is 11.5 Å².